The van der Waals surface area contributed by atoms with Crippen LogP contribution in [0.5, 0.6) is 11.5 Å². The van der Waals surface area contributed by atoms with Gasteiger partial charge in [0.15, 0.2) is 15.0 Å². The number of hydrogen-bond acceptors (Lipinski definition) is 5. The molecule has 0 atom stereocenters. The van der Waals surface area contributed by atoms with Crippen molar-refractivity contribution >= 4 is 42.6 Å². The highest BCUT2D eigenvalue weighted by Crippen LogP contribution is 2.54. The molecule has 288 valence electrons. The third-order valence-electron chi connectivity index (χ3n) is 7.88. The van der Waals surface area contributed by atoms with Gasteiger partial charge in [0.1, 0.15) is 23.0 Å². The summed E-state index contributed by atoms with van der Waals surface area (Å²) >= 11 is 0. The van der Waals surface area contributed by atoms with Gasteiger partial charge >= 0.3 is 23.3 Å². The molecule has 1 heterocycles. The minimum atomic E-state index is -7.43. The highest BCUT2D eigenvalue weighted by molar-refractivity contribution is 7.97. The standard InChI is InChI=1S/C18H23OS.C14H16O.C4HF9O3S/c1-2-3-12-19-17-10-11-18(20-13-6-7-14-20)16-9-5-4-8-15(16)17;1-2-3-11-15-14-10-6-8-12-7-4-5-9-13(12)14;5-1(6,3(9,10)11)2(7,8)4(12,13)17(14,15)16/h4-5,8-11H,2-3,6-7,12-14H2,1H3;4-10H,2-3,11H2,1H3;(H,14,15,16)/q+1;;/p-1. The van der Waals surface area contributed by atoms with Gasteiger partial charge in [0.05, 0.1) is 13.2 Å². The van der Waals surface area contributed by atoms with Gasteiger partial charge in [-0.1, -0.05) is 81.3 Å². The van der Waals surface area contributed by atoms with Crippen molar-refractivity contribution in [3.8, 4) is 11.5 Å². The molecule has 16 heteroatoms. The summed E-state index contributed by atoms with van der Waals surface area (Å²) < 4.78 is 147. The molecule has 5 nitrogen and oxygen atoms in total. The summed E-state index contributed by atoms with van der Waals surface area (Å²) in [6.45, 7) is 6.01. The van der Waals surface area contributed by atoms with Crippen molar-refractivity contribution in [3.05, 3.63) is 78.9 Å². The summed E-state index contributed by atoms with van der Waals surface area (Å²) in [6, 6.07) is 27.8. The fraction of sp³-hybridized carbons (Fsp3) is 0.444. The zero-order valence-corrected chi connectivity index (χ0v) is 30.0. The van der Waals surface area contributed by atoms with Crippen molar-refractivity contribution in [3.63, 3.8) is 0 Å². The molecule has 0 saturated carbocycles. The number of unbranched alkanes of at least 4 members (excludes halogenated alkanes) is 2. The van der Waals surface area contributed by atoms with E-state index >= 15 is 0 Å². The van der Waals surface area contributed by atoms with Crippen molar-refractivity contribution in [2.45, 2.75) is 80.5 Å². The number of rotatable bonds is 12. The van der Waals surface area contributed by atoms with Crippen molar-refractivity contribution in [1.29, 1.82) is 0 Å². The van der Waals surface area contributed by atoms with Crippen LogP contribution in [0.3, 0.4) is 0 Å². The van der Waals surface area contributed by atoms with E-state index in [4.69, 9.17) is 9.47 Å². The van der Waals surface area contributed by atoms with Gasteiger partial charge in [-0.05, 0) is 55.3 Å². The summed E-state index contributed by atoms with van der Waals surface area (Å²) in [5.41, 5.74) is 0. The van der Waals surface area contributed by atoms with Crippen LogP contribution in [0, 0.1) is 0 Å². The van der Waals surface area contributed by atoms with Crippen LogP contribution in [0.25, 0.3) is 21.5 Å². The molecule has 4 aromatic carbocycles. The topological polar surface area (TPSA) is 75.7 Å². The highest BCUT2D eigenvalue weighted by Gasteiger charge is 2.83. The number of fused-ring (bicyclic) bond motifs is 2. The molecule has 0 bridgehead atoms. The van der Waals surface area contributed by atoms with Crippen LogP contribution in [-0.4, -0.2) is 61.0 Å². The second-order valence-corrected chi connectivity index (χ2v) is 15.4. The smallest absolute Gasteiger partial charge is 0.460 e. The van der Waals surface area contributed by atoms with E-state index in [-0.39, 0.29) is 0 Å². The predicted octanol–water partition coefficient (Wildman–Crippen LogP) is 10.8. The maximum atomic E-state index is 12.2. The predicted molar refractivity (Wildman–Crippen MR) is 184 cm³/mol. The Bertz CT molecular complexity index is 1840. The number of ether oxygens (including phenoxy) is 2. The van der Waals surface area contributed by atoms with Crippen molar-refractivity contribution in [2.24, 2.45) is 0 Å². The van der Waals surface area contributed by atoms with Crippen LogP contribution in [0.15, 0.2) is 83.8 Å². The Balaban J connectivity index is 0.000000213. The first kappa shape index (κ1) is 43.0. The van der Waals surface area contributed by atoms with E-state index in [9.17, 15) is 52.5 Å². The van der Waals surface area contributed by atoms with Gasteiger partial charge in [-0.25, -0.2) is 8.42 Å². The molecule has 1 aliphatic heterocycles. The summed E-state index contributed by atoms with van der Waals surface area (Å²) in [5, 5.41) is -1.96. The maximum Gasteiger partial charge on any atom is 0.460 e. The Labute approximate surface area is 299 Å². The normalized spacial score (nSPS) is 14.4. The van der Waals surface area contributed by atoms with E-state index in [0.717, 1.165) is 37.6 Å². The van der Waals surface area contributed by atoms with E-state index < -0.39 is 33.4 Å². The summed E-state index contributed by atoms with van der Waals surface area (Å²) in [5.74, 6) is -10.0. The lowest BCUT2D eigenvalue weighted by Crippen LogP contribution is -2.63. The Morgan fingerprint density at radius 2 is 1.12 bits per heavy atom. The Hall–Kier alpha value is -3.37. The first-order valence-corrected chi connectivity index (χ1v) is 19.4. The van der Waals surface area contributed by atoms with Gasteiger partial charge in [-0.15, -0.1) is 0 Å². The third kappa shape index (κ3) is 9.98. The van der Waals surface area contributed by atoms with Crippen molar-refractivity contribution in [1.82, 2.24) is 0 Å². The van der Waals surface area contributed by atoms with Gasteiger partial charge in [-0.3, -0.25) is 0 Å². The van der Waals surface area contributed by atoms with Crippen LogP contribution in [0.1, 0.15) is 52.4 Å². The quantitative estimate of drug-likeness (QED) is 0.0619. The summed E-state index contributed by atoms with van der Waals surface area (Å²) in [4.78, 5) is 1.56. The second kappa shape index (κ2) is 18.1. The molecule has 0 amide bonds. The highest BCUT2D eigenvalue weighted by atomic mass is 32.2. The zero-order chi connectivity index (χ0) is 38.8. The Morgan fingerprint density at radius 3 is 1.63 bits per heavy atom. The van der Waals surface area contributed by atoms with Crippen LogP contribution >= 0.6 is 0 Å². The second-order valence-electron chi connectivity index (χ2n) is 11.7. The molecule has 0 aliphatic carbocycles. The molecule has 4 aromatic rings. The van der Waals surface area contributed by atoms with E-state index in [0.29, 0.717) is 10.9 Å². The van der Waals surface area contributed by atoms with Gasteiger partial charge < -0.3 is 14.0 Å². The molecular formula is C36H39F9O5S2. The van der Waals surface area contributed by atoms with Crippen LogP contribution in [0.4, 0.5) is 39.5 Å². The number of halogens is 9. The van der Waals surface area contributed by atoms with Crippen molar-refractivity contribution in [2.75, 3.05) is 24.7 Å². The number of alkyl halides is 9. The molecule has 0 aromatic heterocycles. The van der Waals surface area contributed by atoms with Gasteiger partial charge in [0.2, 0.25) is 0 Å². The fourth-order valence-corrected chi connectivity index (χ4v) is 7.93. The minimum absolute atomic E-state index is 0.464. The van der Waals surface area contributed by atoms with Gasteiger partial charge in [0, 0.05) is 27.1 Å². The number of hydrogen-bond donors (Lipinski definition) is 0. The lowest BCUT2D eigenvalue weighted by molar-refractivity contribution is -0.382. The average molecular weight is 787 g/mol. The van der Waals surface area contributed by atoms with Crippen LogP contribution < -0.4 is 9.47 Å². The largest absolute Gasteiger partial charge is 0.743 e. The van der Waals surface area contributed by atoms with E-state index in [1.807, 2.05) is 12.1 Å². The lowest BCUT2D eigenvalue weighted by Gasteiger charge is -2.34. The average Bonchev–Trinajstić information content (AvgIpc) is 3.63. The summed E-state index contributed by atoms with van der Waals surface area (Å²) in [6.07, 6.45) is 0.219. The van der Waals surface area contributed by atoms with Crippen LogP contribution in [-0.2, 0) is 21.0 Å². The lowest BCUT2D eigenvalue weighted by atomic mass is 10.1. The molecule has 0 spiro atoms. The fourth-order valence-electron chi connectivity index (χ4n) is 4.99. The van der Waals surface area contributed by atoms with Crippen molar-refractivity contribution < 1.29 is 62.0 Å². The number of benzene rings is 4. The molecule has 1 saturated heterocycles. The zero-order valence-electron chi connectivity index (χ0n) is 28.3. The maximum absolute atomic E-state index is 12.2. The van der Waals surface area contributed by atoms with Gasteiger partial charge in [-0.2, -0.15) is 39.5 Å². The molecule has 1 aliphatic rings. The van der Waals surface area contributed by atoms with E-state index in [1.54, 1.807) is 4.90 Å². The first-order valence-electron chi connectivity index (χ1n) is 16.4. The molecule has 1 fully saturated rings. The SMILES string of the molecule is CCCCOc1ccc([S+]2CCCC2)c2ccccc12.CCCCOc1cccc2ccccc12.O=S(=O)([O-])C(F)(F)C(F)(F)C(F)(F)C(F)(F)F. The molecule has 0 radical (unpaired) electrons. The molecule has 0 unspecified atom stereocenters. The molecule has 52 heavy (non-hydrogen) atoms. The molecule has 5 rings (SSSR count). The molecular weight excluding hydrogens is 748 g/mol. The minimum Gasteiger partial charge on any atom is -0.743 e. The third-order valence-corrected chi connectivity index (χ3v) is 11.3. The Kier molecular flexibility index (Phi) is 15.0. The van der Waals surface area contributed by atoms with E-state index in [1.165, 1.54) is 58.7 Å². The van der Waals surface area contributed by atoms with Crippen LogP contribution in [0.2, 0.25) is 0 Å². The Morgan fingerprint density at radius 1 is 0.635 bits per heavy atom. The van der Waals surface area contributed by atoms with Gasteiger partial charge in [0.25, 0.3) is 0 Å². The van der Waals surface area contributed by atoms with E-state index in [2.05, 4.69) is 80.6 Å². The summed E-state index contributed by atoms with van der Waals surface area (Å²) in [7, 11) is -6.95. The molecule has 0 N–H and O–H groups in total. The first-order chi connectivity index (χ1) is 24.3. The monoisotopic (exact) mass is 786 g/mol.